The fourth-order valence-electron chi connectivity index (χ4n) is 1.69. The topological polar surface area (TPSA) is 61.9 Å². The molecule has 0 unspecified atom stereocenters. The quantitative estimate of drug-likeness (QED) is 0.889. The van der Waals surface area contributed by atoms with Gasteiger partial charge in [0.15, 0.2) is 0 Å². The second-order valence-electron chi connectivity index (χ2n) is 4.15. The summed E-state index contributed by atoms with van der Waals surface area (Å²) in [5.41, 5.74) is 2.42. The molecule has 0 bridgehead atoms. The number of hydrogen-bond donors (Lipinski definition) is 1. The van der Waals surface area contributed by atoms with Gasteiger partial charge in [0.05, 0.1) is 0 Å². The smallest absolute Gasteiger partial charge is 0.274 e. The number of nitrogens with one attached hydrogen (secondary N) is 1. The number of aryl methyl sites for hydroxylation is 1. The average molecular weight is 244 g/mol. The number of aromatic nitrogens is 3. The van der Waals surface area contributed by atoms with E-state index in [0.717, 1.165) is 17.7 Å². The molecule has 0 aromatic carbocycles. The van der Waals surface area contributed by atoms with Crippen LogP contribution in [0.3, 0.4) is 0 Å². The molecule has 1 amide bonds. The van der Waals surface area contributed by atoms with Gasteiger partial charge in [-0.15, -0.1) is 0 Å². The van der Waals surface area contributed by atoms with Crippen LogP contribution in [0.5, 0.6) is 0 Å². The molecule has 0 saturated heterocycles. The Hall–Kier alpha value is -2.17. The van der Waals surface area contributed by atoms with Gasteiger partial charge in [-0.05, 0) is 24.1 Å². The third-order valence-electron chi connectivity index (χ3n) is 2.72. The Morgan fingerprint density at radius 1 is 1.50 bits per heavy atom. The number of pyridine rings is 1. The van der Waals surface area contributed by atoms with E-state index >= 15 is 0 Å². The van der Waals surface area contributed by atoms with E-state index in [9.17, 15) is 4.79 Å². The van der Waals surface area contributed by atoms with E-state index in [1.165, 1.54) is 0 Å². The van der Waals surface area contributed by atoms with Crippen LogP contribution >= 0.6 is 0 Å². The van der Waals surface area contributed by atoms with Crippen LogP contribution in [0.1, 0.15) is 28.7 Å². The lowest BCUT2D eigenvalue weighted by Crippen LogP contribution is -2.26. The summed E-state index contributed by atoms with van der Waals surface area (Å²) in [5.74, 6) is -0.0881. The fraction of sp³-hybridized carbons (Fsp3) is 0.308. The molecular weight excluding hydrogens is 228 g/mol. The molecule has 0 radical (unpaired) electrons. The number of nitrogens with zero attached hydrogens (tertiary/aromatic N) is 3. The lowest BCUT2D eigenvalue weighted by Gasteiger charge is -2.15. The molecule has 0 fully saturated rings. The van der Waals surface area contributed by atoms with E-state index in [2.05, 4.69) is 15.2 Å². The molecule has 0 aliphatic carbocycles. The summed E-state index contributed by atoms with van der Waals surface area (Å²) in [5, 5.41) is 6.86. The molecule has 2 aromatic rings. The molecule has 0 saturated carbocycles. The Labute approximate surface area is 106 Å². The van der Waals surface area contributed by atoms with Crippen molar-refractivity contribution in [3.05, 3.63) is 47.5 Å². The summed E-state index contributed by atoms with van der Waals surface area (Å²) in [6, 6.07) is 5.60. The molecule has 5 nitrogen and oxygen atoms in total. The summed E-state index contributed by atoms with van der Waals surface area (Å²) in [6.07, 6.45) is 4.31. The lowest BCUT2D eigenvalue weighted by atomic mass is 10.2. The molecule has 94 valence electrons. The summed E-state index contributed by atoms with van der Waals surface area (Å²) < 4.78 is 0. The van der Waals surface area contributed by atoms with Gasteiger partial charge in [0, 0.05) is 31.7 Å². The number of carbonyl (C=O) groups excluding carboxylic acids is 1. The van der Waals surface area contributed by atoms with E-state index in [4.69, 9.17) is 0 Å². The number of aromatic amines is 1. The van der Waals surface area contributed by atoms with Crippen molar-refractivity contribution in [3.8, 4) is 0 Å². The average Bonchev–Trinajstić information content (AvgIpc) is 2.87. The van der Waals surface area contributed by atoms with Crippen molar-refractivity contribution >= 4 is 5.91 Å². The van der Waals surface area contributed by atoms with Crippen LogP contribution in [-0.4, -0.2) is 33.0 Å². The first-order chi connectivity index (χ1) is 8.70. The molecule has 1 N–H and O–H groups in total. The van der Waals surface area contributed by atoms with Gasteiger partial charge in [-0.25, -0.2) is 0 Å². The molecule has 0 spiro atoms. The highest BCUT2D eigenvalue weighted by Gasteiger charge is 2.15. The van der Waals surface area contributed by atoms with Crippen molar-refractivity contribution in [1.82, 2.24) is 20.1 Å². The van der Waals surface area contributed by atoms with Crippen molar-refractivity contribution < 1.29 is 4.79 Å². The van der Waals surface area contributed by atoms with E-state index in [0.29, 0.717) is 12.2 Å². The number of amides is 1. The van der Waals surface area contributed by atoms with Gasteiger partial charge in [-0.3, -0.25) is 14.9 Å². The minimum absolute atomic E-state index is 0.0881. The molecule has 5 heteroatoms. The Balaban J connectivity index is 2.05. The Morgan fingerprint density at radius 2 is 2.33 bits per heavy atom. The van der Waals surface area contributed by atoms with Crippen LogP contribution in [0.15, 0.2) is 30.6 Å². The number of hydrogen-bond acceptors (Lipinski definition) is 3. The molecule has 2 rings (SSSR count). The van der Waals surface area contributed by atoms with Gasteiger partial charge >= 0.3 is 0 Å². The van der Waals surface area contributed by atoms with Gasteiger partial charge in [0.1, 0.15) is 5.69 Å². The molecule has 0 aliphatic heterocycles. The minimum atomic E-state index is -0.0881. The lowest BCUT2D eigenvalue weighted by molar-refractivity contribution is 0.0779. The highest BCUT2D eigenvalue weighted by atomic mass is 16.2. The predicted octanol–water partition coefficient (Wildman–Crippen LogP) is 1.64. The monoisotopic (exact) mass is 244 g/mol. The molecular formula is C13H16N4O. The van der Waals surface area contributed by atoms with Crippen molar-refractivity contribution in [3.63, 3.8) is 0 Å². The van der Waals surface area contributed by atoms with Gasteiger partial charge in [0.2, 0.25) is 0 Å². The SMILES string of the molecule is CCc1cc(C(=O)N(C)Cc2cccnc2)n[nH]1. The van der Waals surface area contributed by atoms with Gasteiger partial charge in [-0.2, -0.15) is 5.10 Å². The fourth-order valence-corrected chi connectivity index (χ4v) is 1.69. The first kappa shape index (κ1) is 12.3. The van der Waals surface area contributed by atoms with E-state index < -0.39 is 0 Å². The molecule has 0 aliphatic rings. The zero-order valence-corrected chi connectivity index (χ0v) is 10.6. The maximum atomic E-state index is 12.1. The van der Waals surface area contributed by atoms with Gasteiger partial charge < -0.3 is 4.90 Å². The third kappa shape index (κ3) is 2.74. The van der Waals surface area contributed by atoms with Crippen molar-refractivity contribution in [2.24, 2.45) is 0 Å². The summed E-state index contributed by atoms with van der Waals surface area (Å²) in [4.78, 5) is 17.8. The van der Waals surface area contributed by atoms with Crippen LogP contribution < -0.4 is 0 Å². The van der Waals surface area contributed by atoms with Crippen molar-refractivity contribution in [1.29, 1.82) is 0 Å². The summed E-state index contributed by atoms with van der Waals surface area (Å²) in [6.45, 7) is 2.54. The standard InChI is InChI=1S/C13H16N4O/c1-3-11-7-12(16-15-11)13(18)17(2)9-10-5-4-6-14-8-10/h4-8H,3,9H2,1-2H3,(H,15,16). The second kappa shape index (κ2) is 5.44. The number of carbonyl (C=O) groups is 1. The Morgan fingerprint density at radius 3 is 2.94 bits per heavy atom. The first-order valence-corrected chi connectivity index (χ1v) is 5.89. The first-order valence-electron chi connectivity index (χ1n) is 5.89. The zero-order chi connectivity index (χ0) is 13.0. The van der Waals surface area contributed by atoms with Crippen LogP contribution in [-0.2, 0) is 13.0 Å². The van der Waals surface area contributed by atoms with Crippen LogP contribution in [0.25, 0.3) is 0 Å². The van der Waals surface area contributed by atoms with E-state index in [-0.39, 0.29) is 5.91 Å². The van der Waals surface area contributed by atoms with Crippen LogP contribution in [0, 0.1) is 0 Å². The summed E-state index contributed by atoms with van der Waals surface area (Å²) >= 11 is 0. The van der Waals surface area contributed by atoms with E-state index in [1.54, 1.807) is 30.4 Å². The summed E-state index contributed by atoms with van der Waals surface area (Å²) in [7, 11) is 1.76. The highest BCUT2D eigenvalue weighted by molar-refractivity contribution is 5.92. The second-order valence-corrected chi connectivity index (χ2v) is 4.15. The van der Waals surface area contributed by atoms with Crippen LogP contribution in [0.4, 0.5) is 0 Å². The van der Waals surface area contributed by atoms with Gasteiger partial charge in [0.25, 0.3) is 5.91 Å². The molecule has 18 heavy (non-hydrogen) atoms. The van der Waals surface area contributed by atoms with Crippen molar-refractivity contribution in [2.75, 3.05) is 7.05 Å². The maximum Gasteiger partial charge on any atom is 0.274 e. The normalized spacial score (nSPS) is 10.3. The van der Waals surface area contributed by atoms with E-state index in [1.807, 2.05) is 19.1 Å². The minimum Gasteiger partial charge on any atom is -0.336 e. The van der Waals surface area contributed by atoms with Crippen LogP contribution in [0.2, 0.25) is 0 Å². The Bertz CT molecular complexity index is 521. The third-order valence-corrected chi connectivity index (χ3v) is 2.72. The highest BCUT2D eigenvalue weighted by Crippen LogP contribution is 2.07. The number of rotatable bonds is 4. The largest absolute Gasteiger partial charge is 0.336 e. The van der Waals surface area contributed by atoms with Gasteiger partial charge in [-0.1, -0.05) is 13.0 Å². The zero-order valence-electron chi connectivity index (χ0n) is 10.6. The molecule has 0 atom stereocenters. The molecule has 2 heterocycles. The van der Waals surface area contributed by atoms with Crippen molar-refractivity contribution in [2.45, 2.75) is 19.9 Å². The number of H-pyrrole nitrogens is 1. The maximum absolute atomic E-state index is 12.1. The predicted molar refractivity (Wildman–Crippen MR) is 68.0 cm³/mol. The Kier molecular flexibility index (Phi) is 3.72. The molecule has 2 aromatic heterocycles.